The van der Waals surface area contributed by atoms with Crippen LogP contribution in [0.25, 0.3) is 0 Å². The summed E-state index contributed by atoms with van der Waals surface area (Å²) in [6.07, 6.45) is 0.471. The SMILES string of the molecule is Cc1cc(NC(=O)CCN2CCOCC2)cc(C)c1O.Cl. The van der Waals surface area contributed by atoms with Crippen molar-refractivity contribution in [1.82, 2.24) is 4.90 Å². The lowest BCUT2D eigenvalue weighted by Gasteiger charge is -2.26. The number of halogens is 1. The van der Waals surface area contributed by atoms with Crippen LogP contribution >= 0.6 is 12.4 Å². The zero-order valence-electron chi connectivity index (χ0n) is 12.5. The number of benzene rings is 1. The van der Waals surface area contributed by atoms with Crippen LogP contribution in [0.1, 0.15) is 17.5 Å². The van der Waals surface area contributed by atoms with Crippen LogP contribution in [0.15, 0.2) is 12.1 Å². The zero-order chi connectivity index (χ0) is 14.5. The Hall–Kier alpha value is -1.30. The van der Waals surface area contributed by atoms with Gasteiger partial charge in [-0.05, 0) is 37.1 Å². The second kappa shape index (κ2) is 8.22. The number of rotatable bonds is 4. The Kier molecular flexibility index (Phi) is 6.95. The second-order valence-corrected chi connectivity index (χ2v) is 5.21. The van der Waals surface area contributed by atoms with E-state index < -0.39 is 0 Å². The first-order chi connectivity index (χ1) is 9.56. The number of nitrogens with one attached hydrogen (secondary N) is 1. The summed E-state index contributed by atoms with van der Waals surface area (Å²) in [5.74, 6) is 0.289. The second-order valence-electron chi connectivity index (χ2n) is 5.21. The van der Waals surface area contributed by atoms with Gasteiger partial charge in [0.1, 0.15) is 5.75 Å². The van der Waals surface area contributed by atoms with E-state index in [0.717, 1.165) is 49.7 Å². The Bertz CT molecular complexity index is 465. The number of carbonyl (C=O) groups is 1. The highest BCUT2D eigenvalue weighted by molar-refractivity contribution is 5.91. The molecule has 2 N–H and O–H groups in total. The summed E-state index contributed by atoms with van der Waals surface area (Å²) in [4.78, 5) is 14.2. The van der Waals surface area contributed by atoms with Crippen molar-refractivity contribution in [3.8, 4) is 5.75 Å². The third-order valence-electron chi connectivity index (χ3n) is 3.53. The number of ether oxygens (including phenoxy) is 1. The predicted molar refractivity (Wildman–Crippen MR) is 85.3 cm³/mol. The lowest BCUT2D eigenvalue weighted by Crippen LogP contribution is -2.38. The van der Waals surface area contributed by atoms with Gasteiger partial charge in [0.2, 0.25) is 5.91 Å². The lowest BCUT2D eigenvalue weighted by atomic mass is 10.1. The van der Waals surface area contributed by atoms with E-state index in [2.05, 4.69) is 10.2 Å². The van der Waals surface area contributed by atoms with Crippen molar-refractivity contribution in [2.75, 3.05) is 38.2 Å². The molecule has 0 bridgehead atoms. The molecule has 118 valence electrons. The monoisotopic (exact) mass is 314 g/mol. The van der Waals surface area contributed by atoms with Gasteiger partial charge >= 0.3 is 0 Å². The van der Waals surface area contributed by atoms with Gasteiger partial charge in [-0.2, -0.15) is 0 Å². The van der Waals surface area contributed by atoms with Gasteiger partial charge in [0.25, 0.3) is 0 Å². The van der Waals surface area contributed by atoms with Gasteiger partial charge in [0.15, 0.2) is 0 Å². The van der Waals surface area contributed by atoms with Gasteiger partial charge in [-0.3, -0.25) is 9.69 Å². The molecule has 6 heteroatoms. The number of amides is 1. The number of hydrogen-bond acceptors (Lipinski definition) is 4. The van der Waals surface area contributed by atoms with Crippen LogP contribution in [0.3, 0.4) is 0 Å². The van der Waals surface area contributed by atoms with E-state index in [-0.39, 0.29) is 24.1 Å². The standard InChI is InChI=1S/C15H22N2O3.ClH/c1-11-9-13(10-12(2)15(11)19)16-14(18)3-4-17-5-7-20-8-6-17;/h9-10,19H,3-8H2,1-2H3,(H,16,18);1H. The molecule has 1 aliphatic rings. The Balaban J connectivity index is 0.00000220. The van der Waals surface area contributed by atoms with Crippen molar-refractivity contribution in [1.29, 1.82) is 0 Å². The summed E-state index contributed by atoms with van der Waals surface area (Å²) in [7, 11) is 0. The largest absolute Gasteiger partial charge is 0.507 e. The lowest BCUT2D eigenvalue weighted by molar-refractivity contribution is -0.116. The summed E-state index contributed by atoms with van der Waals surface area (Å²) in [5.41, 5.74) is 2.28. The normalized spacial score (nSPS) is 15.3. The molecular weight excluding hydrogens is 292 g/mol. The molecule has 1 aromatic carbocycles. The molecule has 21 heavy (non-hydrogen) atoms. The van der Waals surface area contributed by atoms with Crippen molar-refractivity contribution in [3.05, 3.63) is 23.3 Å². The Morgan fingerprint density at radius 2 is 1.86 bits per heavy atom. The van der Waals surface area contributed by atoms with E-state index in [1.807, 2.05) is 13.8 Å². The quantitative estimate of drug-likeness (QED) is 0.835. The highest BCUT2D eigenvalue weighted by Gasteiger charge is 2.12. The molecule has 0 radical (unpaired) electrons. The number of carbonyl (C=O) groups excluding carboxylic acids is 1. The minimum Gasteiger partial charge on any atom is -0.507 e. The number of aryl methyl sites for hydroxylation is 2. The van der Waals surface area contributed by atoms with Gasteiger partial charge in [-0.25, -0.2) is 0 Å². The minimum absolute atomic E-state index is 0. The molecule has 0 spiro atoms. The van der Waals surface area contributed by atoms with Crippen LogP contribution in [0.2, 0.25) is 0 Å². The van der Waals surface area contributed by atoms with Crippen molar-refractivity contribution in [2.24, 2.45) is 0 Å². The molecule has 0 aliphatic carbocycles. The topological polar surface area (TPSA) is 61.8 Å². The number of morpholine rings is 1. The van der Waals surface area contributed by atoms with Crippen LogP contribution < -0.4 is 5.32 Å². The third-order valence-corrected chi connectivity index (χ3v) is 3.53. The minimum atomic E-state index is 0. The summed E-state index contributed by atoms with van der Waals surface area (Å²) < 4.78 is 5.27. The number of hydrogen-bond donors (Lipinski definition) is 2. The molecule has 0 atom stereocenters. The van der Waals surface area contributed by atoms with Crippen LogP contribution in [0, 0.1) is 13.8 Å². The van der Waals surface area contributed by atoms with E-state index in [9.17, 15) is 9.90 Å². The third kappa shape index (κ3) is 5.19. The van der Waals surface area contributed by atoms with Gasteiger partial charge in [0, 0.05) is 31.7 Å². The summed E-state index contributed by atoms with van der Waals surface area (Å²) in [6.45, 7) is 7.69. The molecular formula is C15H23ClN2O3. The number of nitrogens with zero attached hydrogens (tertiary/aromatic N) is 1. The Labute approximate surface area is 131 Å². The fourth-order valence-electron chi connectivity index (χ4n) is 2.34. The highest BCUT2D eigenvalue weighted by Crippen LogP contribution is 2.25. The van der Waals surface area contributed by atoms with Gasteiger partial charge < -0.3 is 15.2 Å². The first kappa shape index (κ1) is 17.8. The molecule has 0 aromatic heterocycles. The summed E-state index contributed by atoms with van der Waals surface area (Å²) in [5, 5.41) is 12.6. The van der Waals surface area contributed by atoms with Crippen LogP contribution in [0.5, 0.6) is 5.75 Å². The fourth-order valence-corrected chi connectivity index (χ4v) is 2.34. The molecule has 5 nitrogen and oxygen atoms in total. The molecule has 1 saturated heterocycles. The zero-order valence-corrected chi connectivity index (χ0v) is 13.3. The van der Waals surface area contributed by atoms with Gasteiger partial charge in [-0.15, -0.1) is 12.4 Å². The van der Waals surface area contributed by atoms with E-state index in [4.69, 9.17) is 4.74 Å². The average molecular weight is 315 g/mol. The Morgan fingerprint density at radius 1 is 1.29 bits per heavy atom. The maximum atomic E-state index is 11.9. The van der Waals surface area contributed by atoms with Crippen molar-refractivity contribution in [2.45, 2.75) is 20.3 Å². The molecule has 1 aliphatic heterocycles. The van der Waals surface area contributed by atoms with Crippen molar-refractivity contribution in [3.63, 3.8) is 0 Å². The maximum Gasteiger partial charge on any atom is 0.225 e. The molecule has 0 saturated carbocycles. The van der Waals surface area contributed by atoms with Crippen LogP contribution in [0.4, 0.5) is 5.69 Å². The highest BCUT2D eigenvalue weighted by atomic mass is 35.5. The molecule has 1 heterocycles. The van der Waals surface area contributed by atoms with Crippen LogP contribution in [-0.4, -0.2) is 48.8 Å². The first-order valence-corrected chi connectivity index (χ1v) is 6.96. The van der Waals surface area contributed by atoms with Crippen LogP contribution in [-0.2, 0) is 9.53 Å². The smallest absolute Gasteiger partial charge is 0.225 e. The van der Waals surface area contributed by atoms with Crippen molar-refractivity contribution < 1.29 is 14.6 Å². The number of aromatic hydroxyl groups is 1. The van der Waals surface area contributed by atoms with Crippen molar-refractivity contribution >= 4 is 24.0 Å². The van der Waals surface area contributed by atoms with Gasteiger partial charge in [0.05, 0.1) is 13.2 Å². The summed E-state index contributed by atoms with van der Waals surface area (Å²) in [6, 6.07) is 3.57. The van der Waals surface area contributed by atoms with E-state index in [1.54, 1.807) is 12.1 Å². The van der Waals surface area contributed by atoms with E-state index in [0.29, 0.717) is 6.42 Å². The maximum absolute atomic E-state index is 11.9. The van der Waals surface area contributed by atoms with E-state index in [1.165, 1.54) is 0 Å². The molecule has 0 unspecified atom stereocenters. The number of phenols is 1. The average Bonchev–Trinajstić information content (AvgIpc) is 2.43. The molecule has 1 amide bonds. The van der Waals surface area contributed by atoms with E-state index >= 15 is 0 Å². The first-order valence-electron chi connectivity index (χ1n) is 6.96. The molecule has 1 fully saturated rings. The molecule has 2 rings (SSSR count). The summed E-state index contributed by atoms with van der Waals surface area (Å²) >= 11 is 0. The number of anilines is 1. The number of phenolic OH excluding ortho intramolecular Hbond substituents is 1. The molecule has 1 aromatic rings. The van der Waals surface area contributed by atoms with Gasteiger partial charge in [-0.1, -0.05) is 0 Å². The Morgan fingerprint density at radius 3 is 2.43 bits per heavy atom. The fraction of sp³-hybridized carbons (Fsp3) is 0.533. The predicted octanol–water partition coefficient (Wildman–Crippen LogP) is 2.09.